The average Bonchev–Trinajstić information content (AvgIpc) is 2.53. The number of likely N-dealkylation sites (N-methyl/N-ethyl adjacent to an activating group) is 2. The smallest absolute Gasteiger partial charge is 0.236 e. The van der Waals surface area contributed by atoms with Crippen LogP contribution in [0.1, 0.15) is 27.7 Å². The maximum Gasteiger partial charge on any atom is 0.236 e. The summed E-state index contributed by atoms with van der Waals surface area (Å²) in [5.74, 6) is 0.616. The first-order valence-electron chi connectivity index (χ1n) is 9.42. The van der Waals surface area contributed by atoms with Crippen LogP contribution in [0.5, 0.6) is 0 Å². The minimum absolute atomic E-state index is 0.0408. The zero-order chi connectivity index (χ0) is 18.8. The van der Waals surface area contributed by atoms with Crippen molar-refractivity contribution in [3.8, 4) is 0 Å². The van der Waals surface area contributed by atoms with Crippen LogP contribution in [0.15, 0.2) is 0 Å². The molecule has 25 heavy (non-hydrogen) atoms. The molecule has 0 aromatic rings. The minimum atomic E-state index is -0.0700. The van der Waals surface area contributed by atoms with Gasteiger partial charge in [0, 0.05) is 39.3 Å². The number of hydrogen-bond donors (Lipinski definition) is 1. The molecule has 1 saturated heterocycles. The van der Waals surface area contributed by atoms with E-state index in [-0.39, 0.29) is 31.0 Å². The van der Waals surface area contributed by atoms with Crippen LogP contribution in [0.3, 0.4) is 0 Å². The molecule has 1 rings (SSSR count). The molecule has 0 saturated carbocycles. The zero-order valence-corrected chi connectivity index (χ0v) is 16.6. The zero-order valence-electron chi connectivity index (χ0n) is 16.6. The predicted molar refractivity (Wildman–Crippen MR) is 99.5 cm³/mol. The number of nitrogens with zero attached hydrogens (tertiary/aromatic N) is 3. The summed E-state index contributed by atoms with van der Waals surface area (Å²) in [6.45, 7) is 14.3. The summed E-state index contributed by atoms with van der Waals surface area (Å²) in [6, 6.07) is 0. The maximum absolute atomic E-state index is 12.1. The summed E-state index contributed by atoms with van der Waals surface area (Å²) in [5.41, 5.74) is 0. The van der Waals surface area contributed by atoms with Crippen LogP contribution in [0, 0.1) is 5.92 Å². The van der Waals surface area contributed by atoms with Crippen molar-refractivity contribution >= 4 is 11.8 Å². The van der Waals surface area contributed by atoms with Crippen molar-refractivity contribution in [2.45, 2.75) is 33.8 Å². The van der Waals surface area contributed by atoms with Gasteiger partial charge < -0.3 is 15.0 Å². The van der Waals surface area contributed by atoms with Gasteiger partial charge in [0.05, 0.1) is 25.8 Å². The molecule has 146 valence electrons. The van der Waals surface area contributed by atoms with Crippen LogP contribution in [0.25, 0.3) is 0 Å². The molecule has 0 spiro atoms. The largest absolute Gasteiger partial charge is 0.374 e. The van der Waals surface area contributed by atoms with Crippen molar-refractivity contribution in [3.05, 3.63) is 0 Å². The first-order chi connectivity index (χ1) is 11.8. The van der Waals surface area contributed by atoms with Crippen LogP contribution in [0.2, 0.25) is 0 Å². The molecule has 2 amide bonds. The molecule has 1 unspecified atom stereocenters. The van der Waals surface area contributed by atoms with E-state index in [9.17, 15) is 9.59 Å². The summed E-state index contributed by atoms with van der Waals surface area (Å²) < 4.78 is 5.74. The highest BCUT2D eigenvalue weighted by Crippen LogP contribution is 2.07. The van der Waals surface area contributed by atoms with Gasteiger partial charge in [-0.3, -0.25) is 19.4 Å². The van der Waals surface area contributed by atoms with Crippen LogP contribution < -0.4 is 5.32 Å². The van der Waals surface area contributed by atoms with Gasteiger partial charge >= 0.3 is 0 Å². The average molecular weight is 357 g/mol. The number of hydrogen-bond acceptors (Lipinski definition) is 5. The maximum atomic E-state index is 12.1. The number of carbonyl (C=O) groups is 2. The van der Waals surface area contributed by atoms with Gasteiger partial charge in [0.25, 0.3) is 0 Å². The second kappa shape index (κ2) is 11.4. The highest BCUT2D eigenvalue weighted by atomic mass is 16.5. The van der Waals surface area contributed by atoms with Gasteiger partial charge in [-0.05, 0) is 26.8 Å². The molecule has 1 aliphatic rings. The van der Waals surface area contributed by atoms with Crippen LogP contribution in [0.4, 0.5) is 0 Å². The minimum Gasteiger partial charge on any atom is -0.374 e. The Kier molecular flexibility index (Phi) is 10.0. The molecule has 7 heteroatoms. The number of amides is 2. The Bertz CT molecular complexity index is 413. The second-order valence-electron chi connectivity index (χ2n) is 7.19. The fourth-order valence-electron chi connectivity index (χ4n) is 3.08. The quantitative estimate of drug-likeness (QED) is 0.608. The topological polar surface area (TPSA) is 65.1 Å². The molecule has 7 nitrogen and oxygen atoms in total. The molecular weight excluding hydrogens is 320 g/mol. The van der Waals surface area contributed by atoms with Gasteiger partial charge in [0.1, 0.15) is 0 Å². The van der Waals surface area contributed by atoms with E-state index < -0.39 is 0 Å². The summed E-state index contributed by atoms with van der Waals surface area (Å²) in [4.78, 5) is 30.1. The van der Waals surface area contributed by atoms with Crippen molar-refractivity contribution in [2.75, 3.05) is 66.0 Å². The summed E-state index contributed by atoms with van der Waals surface area (Å²) in [7, 11) is 1.79. The normalized spacial score (nSPS) is 18.6. The Hall–Kier alpha value is -1.18. The molecule has 1 atom stereocenters. The van der Waals surface area contributed by atoms with Gasteiger partial charge in [-0.2, -0.15) is 0 Å². The number of morpholine rings is 1. The third kappa shape index (κ3) is 8.65. The number of rotatable bonds is 10. The first kappa shape index (κ1) is 21.9. The van der Waals surface area contributed by atoms with Crippen molar-refractivity contribution in [3.63, 3.8) is 0 Å². The fourth-order valence-corrected chi connectivity index (χ4v) is 3.08. The molecule has 0 aliphatic carbocycles. The SMILES string of the molecule is CCN(CC)C(=O)CN(C)CC(=O)NCC1CN(CC(C)C)CCO1. The molecule has 1 aliphatic heterocycles. The molecule has 1 N–H and O–H groups in total. The van der Waals surface area contributed by atoms with Gasteiger partial charge in [-0.1, -0.05) is 13.8 Å². The monoisotopic (exact) mass is 356 g/mol. The van der Waals surface area contributed by atoms with E-state index in [1.165, 1.54) is 0 Å². The molecule has 1 heterocycles. The van der Waals surface area contributed by atoms with Gasteiger partial charge in [0.15, 0.2) is 0 Å². The Labute approximate surface area is 152 Å². The van der Waals surface area contributed by atoms with Gasteiger partial charge in [-0.15, -0.1) is 0 Å². The lowest BCUT2D eigenvalue weighted by molar-refractivity contribution is -0.132. The van der Waals surface area contributed by atoms with Crippen LogP contribution in [-0.4, -0.2) is 98.6 Å². The summed E-state index contributed by atoms with van der Waals surface area (Å²) in [6.07, 6.45) is 0.0408. The first-order valence-corrected chi connectivity index (χ1v) is 9.42. The predicted octanol–water partition coefficient (Wildman–Crippen LogP) is 0.260. The van der Waals surface area contributed by atoms with Crippen molar-refractivity contribution in [1.82, 2.24) is 20.0 Å². The van der Waals surface area contributed by atoms with E-state index in [4.69, 9.17) is 4.74 Å². The fraction of sp³-hybridized carbons (Fsp3) is 0.889. The highest BCUT2D eigenvalue weighted by molar-refractivity contribution is 5.81. The lowest BCUT2D eigenvalue weighted by Crippen LogP contribution is -2.49. The van der Waals surface area contributed by atoms with E-state index >= 15 is 0 Å². The lowest BCUT2D eigenvalue weighted by Gasteiger charge is -2.34. The van der Waals surface area contributed by atoms with Crippen molar-refractivity contribution in [2.24, 2.45) is 5.92 Å². The van der Waals surface area contributed by atoms with Crippen molar-refractivity contribution < 1.29 is 14.3 Å². The van der Waals surface area contributed by atoms with E-state index in [0.717, 1.165) is 19.6 Å². The molecular formula is C18H36N4O3. The van der Waals surface area contributed by atoms with E-state index in [0.29, 0.717) is 32.2 Å². The molecule has 0 aromatic heterocycles. The third-order valence-corrected chi connectivity index (χ3v) is 4.31. The van der Waals surface area contributed by atoms with Crippen molar-refractivity contribution in [1.29, 1.82) is 0 Å². The Balaban J connectivity index is 2.28. The number of ether oxygens (including phenoxy) is 1. The Morgan fingerprint density at radius 1 is 1.24 bits per heavy atom. The molecule has 0 radical (unpaired) electrons. The van der Waals surface area contributed by atoms with E-state index in [1.54, 1.807) is 16.8 Å². The number of nitrogens with one attached hydrogen (secondary N) is 1. The number of carbonyl (C=O) groups excluding carboxylic acids is 2. The van der Waals surface area contributed by atoms with Crippen LogP contribution in [-0.2, 0) is 14.3 Å². The molecule has 0 aromatic carbocycles. The Morgan fingerprint density at radius 2 is 1.92 bits per heavy atom. The Morgan fingerprint density at radius 3 is 2.52 bits per heavy atom. The van der Waals surface area contributed by atoms with Gasteiger partial charge in [0.2, 0.25) is 11.8 Å². The standard InChI is InChI=1S/C18H36N4O3/c1-6-22(7-2)18(24)14-20(5)13-17(23)19-10-16-12-21(8-9-25-16)11-15(3)4/h15-16H,6-14H2,1-5H3,(H,19,23). The lowest BCUT2D eigenvalue weighted by atomic mass is 10.2. The summed E-state index contributed by atoms with van der Waals surface area (Å²) >= 11 is 0. The van der Waals surface area contributed by atoms with E-state index in [1.807, 2.05) is 13.8 Å². The summed E-state index contributed by atoms with van der Waals surface area (Å²) in [5, 5.41) is 2.93. The van der Waals surface area contributed by atoms with Gasteiger partial charge in [-0.25, -0.2) is 0 Å². The molecule has 1 fully saturated rings. The molecule has 0 bridgehead atoms. The highest BCUT2D eigenvalue weighted by Gasteiger charge is 2.22. The third-order valence-electron chi connectivity index (χ3n) is 4.31. The van der Waals surface area contributed by atoms with Crippen LogP contribution >= 0.6 is 0 Å². The van der Waals surface area contributed by atoms with E-state index in [2.05, 4.69) is 24.1 Å². The second-order valence-corrected chi connectivity index (χ2v) is 7.19.